The van der Waals surface area contributed by atoms with Gasteiger partial charge < -0.3 is 4.74 Å². The Morgan fingerprint density at radius 2 is 1.38 bits per heavy atom. The first-order valence-corrected chi connectivity index (χ1v) is 17.3. The summed E-state index contributed by atoms with van der Waals surface area (Å²) in [5, 5.41) is 68.8. The van der Waals surface area contributed by atoms with Gasteiger partial charge in [-0.05, 0) is 71.0 Å². The van der Waals surface area contributed by atoms with Crippen molar-refractivity contribution in [2.45, 2.75) is 25.7 Å². The quantitative estimate of drug-likeness (QED) is 0.0848. The lowest BCUT2D eigenvalue weighted by Crippen LogP contribution is -2.29. The first kappa shape index (κ1) is 39.3. The molecule has 1 aliphatic rings. The average molecular weight is 776 g/mol. The van der Waals surface area contributed by atoms with Crippen LogP contribution in [-0.4, -0.2) is 24.7 Å². The second-order valence-electron chi connectivity index (χ2n) is 13.8. The van der Waals surface area contributed by atoms with E-state index in [4.69, 9.17) is 4.74 Å². The number of ether oxygens (including phenoxy) is 1. The predicted molar refractivity (Wildman–Crippen MR) is 213 cm³/mol. The lowest BCUT2D eigenvalue weighted by molar-refractivity contribution is -0.394. The van der Waals surface area contributed by atoms with Gasteiger partial charge in [0.25, 0.3) is 17.1 Å². The number of pyridine rings is 1. The zero-order valence-electron chi connectivity index (χ0n) is 30.6. The van der Waals surface area contributed by atoms with Gasteiger partial charge in [0.15, 0.2) is 5.41 Å². The fourth-order valence-electron chi connectivity index (χ4n) is 6.56. The molecular formula is C42H29N7O9. The van der Waals surface area contributed by atoms with E-state index in [0.717, 1.165) is 41.2 Å². The highest BCUT2D eigenvalue weighted by Crippen LogP contribution is 2.45. The van der Waals surface area contributed by atoms with Crippen molar-refractivity contribution in [3.05, 3.63) is 183 Å². The molecule has 16 nitrogen and oxygen atoms in total. The molecule has 0 radical (unpaired) electrons. The van der Waals surface area contributed by atoms with Crippen molar-refractivity contribution in [1.29, 1.82) is 10.5 Å². The molecule has 1 heterocycles. The number of hydrogen-bond donors (Lipinski definition) is 0. The van der Waals surface area contributed by atoms with Crippen molar-refractivity contribution >= 4 is 51.9 Å². The molecule has 1 aliphatic carbocycles. The highest BCUT2D eigenvalue weighted by atomic mass is 16.6. The number of aromatic nitrogens is 1. The maximum absolute atomic E-state index is 12.1. The number of nitro groups is 4. The van der Waals surface area contributed by atoms with Gasteiger partial charge >= 0.3 is 5.69 Å². The van der Waals surface area contributed by atoms with Crippen molar-refractivity contribution in [3.8, 4) is 23.6 Å². The van der Waals surface area contributed by atoms with E-state index in [1.807, 2.05) is 68.5 Å². The van der Waals surface area contributed by atoms with Crippen LogP contribution >= 0.6 is 0 Å². The van der Waals surface area contributed by atoms with Gasteiger partial charge in [0, 0.05) is 23.1 Å². The molecule has 0 unspecified atom stereocenters. The molecule has 16 heteroatoms. The van der Waals surface area contributed by atoms with Crippen LogP contribution in [0.3, 0.4) is 0 Å². The van der Waals surface area contributed by atoms with E-state index in [9.17, 15) is 51.0 Å². The van der Waals surface area contributed by atoms with Crippen LogP contribution < -0.4 is 4.74 Å². The molecule has 286 valence electrons. The van der Waals surface area contributed by atoms with Crippen molar-refractivity contribution in [3.63, 3.8) is 0 Å². The van der Waals surface area contributed by atoms with Crippen LogP contribution in [-0.2, 0) is 5.41 Å². The Morgan fingerprint density at radius 1 is 0.724 bits per heavy atom. The summed E-state index contributed by atoms with van der Waals surface area (Å²) < 4.78 is 6.03. The Bertz CT molecular complexity index is 2760. The third-order valence-corrected chi connectivity index (χ3v) is 9.26. The van der Waals surface area contributed by atoms with E-state index in [0.29, 0.717) is 34.9 Å². The van der Waals surface area contributed by atoms with Gasteiger partial charge in [0.1, 0.15) is 5.75 Å². The minimum Gasteiger partial charge on any atom is -0.449 e. The van der Waals surface area contributed by atoms with E-state index in [1.54, 1.807) is 48.6 Å². The molecule has 0 spiro atoms. The van der Waals surface area contributed by atoms with Crippen LogP contribution in [0.2, 0.25) is 0 Å². The van der Waals surface area contributed by atoms with Crippen LogP contribution in [0.15, 0.2) is 120 Å². The van der Waals surface area contributed by atoms with E-state index < -0.39 is 53.3 Å². The molecule has 0 bridgehead atoms. The molecule has 0 saturated heterocycles. The molecule has 6 rings (SSSR count). The van der Waals surface area contributed by atoms with Gasteiger partial charge in [-0.2, -0.15) is 10.5 Å². The number of allylic oxidation sites excluding steroid dienone is 5. The Balaban J connectivity index is 1.44. The molecule has 0 fully saturated rings. The number of para-hydroxylation sites is 1. The summed E-state index contributed by atoms with van der Waals surface area (Å²) in [5.74, 6) is -0.111. The number of hydrogen-bond acceptors (Lipinski definition) is 12. The van der Waals surface area contributed by atoms with Gasteiger partial charge in [0.2, 0.25) is 5.75 Å². The maximum atomic E-state index is 12.1. The minimum atomic E-state index is -2.24. The van der Waals surface area contributed by atoms with Crippen LogP contribution in [0.1, 0.15) is 42.7 Å². The van der Waals surface area contributed by atoms with Gasteiger partial charge in [0.05, 0.1) is 60.7 Å². The minimum absolute atomic E-state index is 0.114. The molecular weight excluding hydrogens is 747 g/mol. The Hall–Kier alpha value is -8.37. The third kappa shape index (κ3) is 8.16. The van der Waals surface area contributed by atoms with Crippen LogP contribution in [0.4, 0.5) is 22.7 Å². The van der Waals surface area contributed by atoms with Gasteiger partial charge in [-0.15, -0.1) is 0 Å². The van der Waals surface area contributed by atoms with Crippen LogP contribution in [0.5, 0.6) is 11.5 Å². The highest BCUT2D eigenvalue weighted by molar-refractivity contribution is 5.81. The van der Waals surface area contributed by atoms with Crippen molar-refractivity contribution in [2.24, 2.45) is 5.41 Å². The number of benzene rings is 4. The monoisotopic (exact) mass is 775 g/mol. The molecule has 0 saturated carbocycles. The standard InChI is InChI=1S/C42H29N7O9/c1-41(2)23-28(20-31(24-41)42(25-43,26-44)35-16-14-33(46(50)51)21-37(35)48(54)55)7-10-30-19-27(8-12-32-13-11-29-5-3-4-6-36(29)45-32)9-17-39(30)58-40-18-15-34(47(52)53)22-38(40)49(56)57/h3-22,24H,23H2,1-2H3/b10-7+,12-8+. The summed E-state index contributed by atoms with van der Waals surface area (Å²) in [7, 11) is 0. The summed E-state index contributed by atoms with van der Waals surface area (Å²) in [6.07, 6.45) is 10.5. The lowest BCUT2D eigenvalue weighted by Gasteiger charge is -2.31. The lowest BCUT2D eigenvalue weighted by atomic mass is 9.68. The Morgan fingerprint density at radius 3 is 2.05 bits per heavy atom. The van der Waals surface area contributed by atoms with Crippen molar-refractivity contribution in [1.82, 2.24) is 4.98 Å². The molecule has 0 aliphatic heterocycles. The molecule has 0 atom stereocenters. The topological polar surface area (TPSA) is 242 Å². The van der Waals surface area contributed by atoms with Crippen molar-refractivity contribution < 1.29 is 24.4 Å². The predicted octanol–water partition coefficient (Wildman–Crippen LogP) is 10.1. The molecule has 5 aromatic rings. The van der Waals surface area contributed by atoms with E-state index in [2.05, 4.69) is 4.98 Å². The van der Waals surface area contributed by atoms with E-state index in [-0.39, 0.29) is 22.6 Å². The molecule has 58 heavy (non-hydrogen) atoms. The highest BCUT2D eigenvalue weighted by Gasteiger charge is 2.44. The van der Waals surface area contributed by atoms with Gasteiger partial charge in [-0.3, -0.25) is 40.5 Å². The zero-order chi connectivity index (χ0) is 41.8. The normalized spacial score (nSPS) is 13.7. The largest absolute Gasteiger partial charge is 0.449 e. The van der Waals surface area contributed by atoms with E-state index in [1.165, 1.54) is 0 Å². The number of nitrogens with zero attached hydrogens (tertiary/aromatic N) is 7. The Kier molecular flexibility index (Phi) is 10.7. The third-order valence-electron chi connectivity index (χ3n) is 9.26. The smallest absolute Gasteiger partial charge is 0.318 e. The fourth-order valence-corrected chi connectivity index (χ4v) is 6.56. The number of rotatable bonds is 12. The average Bonchev–Trinajstić information content (AvgIpc) is 3.19. The second kappa shape index (κ2) is 15.8. The number of non-ortho nitro benzene ring substituents is 2. The summed E-state index contributed by atoms with van der Waals surface area (Å²) >= 11 is 0. The molecule has 0 amide bonds. The van der Waals surface area contributed by atoms with E-state index >= 15 is 0 Å². The number of nitro benzene ring substituents is 4. The SMILES string of the molecule is CC1(C)C=C(C(C#N)(C#N)c2ccc([N+](=O)[O-])cc2[N+](=O)[O-])C=C(/C=C/c2cc(/C=C/c3ccc4ccccc4n3)ccc2Oc2ccc([N+](=O)[O-])cc2[N+](=O)[O-])C1. The summed E-state index contributed by atoms with van der Waals surface area (Å²) in [6.45, 7) is 3.68. The summed E-state index contributed by atoms with van der Waals surface area (Å²) in [4.78, 5) is 48.3. The fraction of sp³-hybridized carbons (Fsp3) is 0.119. The molecule has 4 aromatic carbocycles. The second-order valence-corrected chi connectivity index (χ2v) is 13.8. The van der Waals surface area contributed by atoms with Gasteiger partial charge in [-0.25, -0.2) is 4.98 Å². The number of fused-ring (bicyclic) bond motifs is 1. The van der Waals surface area contributed by atoms with Crippen LogP contribution in [0.25, 0.3) is 29.1 Å². The number of nitriles is 2. The van der Waals surface area contributed by atoms with Crippen LogP contribution in [0, 0.1) is 68.5 Å². The molecule has 1 aromatic heterocycles. The molecule has 0 N–H and O–H groups in total. The summed E-state index contributed by atoms with van der Waals surface area (Å²) in [5.41, 5.74) is -2.49. The first-order valence-electron chi connectivity index (χ1n) is 17.3. The summed E-state index contributed by atoms with van der Waals surface area (Å²) in [6, 6.07) is 26.1. The Labute approximate surface area is 329 Å². The maximum Gasteiger partial charge on any atom is 0.318 e. The zero-order valence-corrected chi connectivity index (χ0v) is 30.6. The first-order chi connectivity index (χ1) is 27.6. The van der Waals surface area contributed by atoms with Gasteiger partial charge in [-0.1, -0.05) is 74.6 Å². The van der Waals surface area contributed by atoms with Crippen molar-refractivity contribution in [2.75, 3.05) is 0 Å².